The minimum atomic E-state index is -2.94. The van der Waals surface area contributed by atoms with Gasteiger partial charge in [0.1, 0.15) is 12.4 Å². The van der Waals surface area contributed by atoms with Gasteiger partial charge in [0.05, 0.1) is 18.6 Å². The molecule has 1 heterocycles. The monoisotopic (exact) mass is 298 g/mol. The van der Waals surface area contributed by atoms with E-state index in [-0.39, 0.29) is 36.4 Å². The van der Waals surface area contributed by atoms with Gasteiger partial charge in [-0.2, -0.15) is 0 Å². The van der Waals surface area contributed by atoms with Crippen LogP contribution in [0.3, 0.4) is 0 Å². The first-order chi connectivity index (χ1) is 9.48. The Morgan fingerprint density at radius 3 is 2.55 bits per heavy atom. The lowest BCUT2D eigenvalue weighted by Crippen LogP contribution is -2.13. The molecule has 1 aromatic rings. The third-order valence-electron chi connectivity index (χ3n) is 3.34. The third kappa shape index (κ3) is 4.23. The summed E-state index contributed by atoms with van der Waals surface area (Å²) in [5.41, 5.74) is 0.873. The predicted octanol–water partition coefficient (Wildman–Crippen LogP) is 1.56. The molecule has 2 rings (SSSR count). The summed E-state index contributed by atoms with van der Waals surface area (Å²) in [4.78, 5) is 11.7. The molecule has 1 unspecified atom stereocenters. The van der Waals surface area contributed by atoms with Crippen molar-refractivity contribution in [1.29, 1.82) is 0 Å². The highest BCUT2D eigenvalue weighted by Crippen LogP contribution is 2.22. The fourth-order valence-electron chi connectivity index (χ4n) is 2.21. The summed E-state index contributed by atoms with van der Waals surface area (Å²) in [5.74, 6) is 0.594. The van der Waals surface area contributed by atoms with Crippen LogP contribution in [0.25, 0.3) is 0 Å². The molecule has 1 aliphatic heterocycles. The van der Waals surface area contributed by atoms with Crippen LogP contribution in [0.2, 0.25) is 0 Å². The van der Waals surface area contributed by atoms with Gasteiger partial charge in [0, 0.05) is 6.42 Å². The molecule has 0 aliphatic carbocycles. The summed E-state index contributed by atoms with van der Waals surface area (Å²) >= 11 is 0. The van der Waals surface area contributed by atoms with E-state index >= 15 is 0 Å². The lowest BCUT2D eigenvalue weighted by atomic mass is 10.1. The molecule has 0 radical (unpaired) electrons. The summed E-state index contributed by atoms with van der Waals surface area (Å²) in [6.45, 7) is 0.197. The first kappa shape index (κ1) is 14.8. The number of sulfone groups is 1. The molecule has 0 amide bonds. The zero-order chi connectivity index (χ0) is 14.6. The van der Waals surface area contributed by atoms with Crippen molar-refractivity contribution in [2.75, 3.05) is 18.6 Å². The van der Waals surface area contributed by atoms with Crippen LogP contribution in [0.1, 0.15) is 18.4 Å². The lowest BCUT2D eigenvalue weighted by molar-refractivity contribution is -0.145. The van der Waals surface area contributed by atoms with Crippen LogP contribution in [-0.4, -0.2) is 33.0 Å². The zero-order valence-electron chi connectivity index (χ0n) is 11.4. The van der Waals surface area contributed by atoms with Gasteiger partial charge in [0.25, 0.3) is 0 Å². The minimum Gasteiger partial charge on any atom is -0.497 e. The maximum absolute atomic E-state index is 11.7. The maximum Gasteiger partial charge on any atom is 0.306 e. The number of benzene rings is 1. The van der Waals surface area contributed by atoms with E-state index < -0.39 is 9.84 Å². The maximum atomic E-state index is 11.7. The number of ether oxygens (including phenoxy) is 2. The van der Waals surface area contributed by atoms with Crippen LogP contribution in [0.15, 0.2) is 24.3 Å². The Morgan fingerprint density at radius 1 is 1.30 bits per heavy atom. The Labute approximate surface area is 118 Å². The van der Waals surface area contributed by atoms with Crippen LogP contribution in [0.5, 0.6) is 5.75 Å². The van der Waals surface area contributed by atoms with E-state index in [9.17, 15) is 13.2 Å². The second kappa shape index (κ2) is 6.26. The summed E-state index contributed by atoms with van der Waals surface area (Å²) in [5, 5.41) is 0. The number of rotatable bonds is 5. The summed E-state index contributed by atoms with van der Waals surface area (Å²) in [7, 11) is -1.35. The first-order valence-electron chi connectivity index (χ1n) is 6.47. The molecule has 6 heteroatoms. The van der Waals surface area contributed by atoms with E-state index in [1.165, 1.54) is 0 Å². The van der Waals surface area contributed by atoms with Crippen molar-refractivity contribution >= 4 is 15.8 Å². The largest absolute Gasteiger partial charge is 0.497 e. The standard InChI is InChI=1S/C14H18O5S/c1-18-13-4-2-11(3-5-13)9-19-14(15)8-12-6-7-20(16,17)10-12/h2-5,12H,6-10H2,1H3. The Morgan fingerprint density at radius 2 is 2.00 bits per heavy atom. The van der Waals surface area contributed by atoms with E-state index in [2.05, 4.69) is 0 Å². The molecule has 0 spiro atoms. The quantitative estimate of drug-likeness (QED) is 0.772. The van der Waals surface area contributed by atoms with Gasteiger partial charge in [-0.1, -0.05) is 12.1 Å². The van der Waals surface area contributed by atoms with Crippen molar-refractivity contribution in [3.05, 3.63) is 29.8 Å². The fraction of sp³-hybridized carbons (Fsp3) is 0.500. The van der Waals surface area contributed by atoms with E-state index in [0.29, 0.717) is 6.42 Å². The van der Waals surface area contributed by atoms with Crippen molar-refractivity contribution < 1.29 is 22.7 Å². The SMILES string of the molecule is COc1ccc(COC(=O)CC2CCS(=O)(=O)C2)cc1. The van der Waals surface area contributed by atoms with Gasteiger partial charge in [-0.15, -0.1) is 0 Å². The number of carbonyl (C=O) groups excluding carboxylic acids is 1. The summed E-state index contributed by atoms with van der Waals surface area (Å²) < 4.78 is 32.8. The smallest absolute Gasteiger partial charge is 0.306 e. The van der Waals surface area contributed by atoms with Gasteiger partial charge in [-0.05, 0) is 30.0 Å². The molecule has 20 heavy (non-hydrogen) atoms. The molecule has 0 bridgehead atoms. The minimum absolute atomic E-state index is 0.0941. The van der Waals surface area contributed by atoms with Crippen molar-refractivity contribution in [1.82, 2.24) is 0 Å². The lowest BCUT2D eigenvalue weighted by Gasteiger charge is -2.08. The van der Waals surface area contributed by atoms with Crippen LogP contribution < -0.4 is 4.74 Å². The summed E-state index contributed by atoms with van der Waals surface area (Å²) in [6.07, 6.45) is 0.732. The summed E-state index contributed by atoms with van der Waals surface area (Å²) in [6, 6.07) is 7.25. The van der Waals surface area contributed by atoms with Gasteiger partial charge >= 0.3 is 5.97 Å². The van der Waals surface area contributed by atoms with E-state index in [4.69, 9.17) is 9.47 Å². The van der Waals surface area contributed by atoms with E-state index in [1.54, 1.807) is 19.2 Å². The molecule has 1 saturated heterocycles. The molecule has 1 aromatic carbocycles. The second-order valence-electron chi connectivity index (χ2n) is 4.98. The molecule has 0 saturated carbocycles. The first-order valence-corrected chi connectivity index (χ1v) is 8.29. The highest BCUT2D eigenvalue weighted by Gasteiger charge is 2.29. The second-order valence-corrected chi connectivity index (χ2v) is 7.21. The van der Waals surface area contributed by atoms with Crippen molar-refractivity contribution in [2.45, 2.75) is 19.4 Å². The van der Waals surface area contributed by atoms with Crippen LogP contribution in [0.4, 0.5) is 0 Å². The van der Waals surface area contributed by atoms with Gasteiger partial charge in [-0.25, -0.2) is 8.42 Å². The van der Waals surface area contributed by atoms with Crippen LogP contribution in [-0.2, 0) is 26.0 Å². The normalized spacial score (nSPS) is 20.6. The number of esters is 1. The molecule has 1 atom stereocenters. The number of carbonyl (C=O) groups is 1. The Kier molecular flexibility index (Phi) is 4.65. The number of methoxy groups -OCH3 is 1. The van der Waals surface area contributed by atoms with Crippen LogP contribution >= 0.6 is 0 Å². The van der Waals surface area contributed by atoms with Gasteiger partial charge in [0.15, 0.2) is 9.84 Å². The number of hydrogen-bond donors (Lipinski definition) is 0. The van der Waals surface area contributed by atoms with Gasteiger partial charge in [-0.3, -0.25) is 4.79 Å². The Bertz CT molecular complexity index is 562. The molecule has 0 N–H and O–H groups in total. The van der Waals surface area contributed by atoms with Crippen molar-refractivity contribution in [3.63, 3.8) is 0 Å². The molecule has 5 nitrogen and oxygen atoms in total. The average Bonchev–Trinajstić information content (AvgIpc) is 2.76. The van der Waals surface area contributed by atoms with Crippen molar-refractivity contribution in [3.8, 4) is 5.75 Å². The molecule has 1 aliphatic rings. The highest BCUT2D eigenvalue weighted by atomic mass is 32.2. The number of hydrogen-bond acceptors (Lipinski definition) is 5. The Balaban J connectivity index is 1.77. The van der Waals surface area contributed by atoms with E-state index in [1.807, 2.05) is 12.1 Å². The third-order valence-corrected chi connectivity index (χ3v) is 5.18. The average molecular weight is 298 g/mol. The topological polar surface area (TPSA) is 69.7 Å². The molecule has 0 aromatic heterocycles. The predicted molar refractivity (Wildman–Crippen MR) is 74.2 cm³/mol. The van der Waals surface area contributed by atoms with Gasteiger partial charge in [0.2, 0.25) is 0 Å². The zero-order valence-corrected chi connectivity index (χ0v) is 12.2. The van der Waals surface area contributed by atoms with Crippen molar-refractivity contribution in [2.24, 2.45) is 5.92 Å². The fourth-order valence-corrected chi connectivity index (χ4v) is 4.08. The highest BCUT2D eigenvalue weighted by molar-refractivity contribution is 7.91. The molecule has 110 valence electrons. The van der Waals surface area contributed by atoms with Crippen LogP contribution in [0, 0.1) is 5.92 Å². The van der Waals surface area contributed by atoms with Gasteiger partial charge < -0.3 is 9.47 Å². The molecular formula is C14H18O5S. The molecule has 1 fully saturated rings. The van der Waals surface area contributed by atoms with E-state index in [0.717, 1.165) is 11.3 Å². The molecular weight excluding hydrogens is 280 g/mol. The Hall–Kier alpha value is -1.56.